The van der Waals surface area contributed by atoms with Crippen molar-refractivity contribution in [1.29, 1.82) is 0 Å². The lowest BCUT2D eigenvalue weighted by atomic mass is 10.0. The number of rotatable bonds is 2. The van der Waals surface area contributed by atoms with Crippen LogP contribution in [0.3, 0.4) is 0 Å². The third-order valence-electron chi connectivity index (χ3n) is 2.03. The highest BCUT2D eigenvalue weighted by molar-refractivity contribution is 6.01. The van der Waals surface area contributed by atoms with Crippen LogP contribution in [0.5, 0.6) is 5.75 Å². The van der Waals surface area contributed by atoms with E-state index in [0.29, 0.717) is 12.1 Å². The topological polar surface area (TPSA) is 26.3 Å². The van der Waals surface area contributed by atoms with E-state index in [4.69, 9.17) is 0 Å². The molecular weight excluding hydrogens is 266 g/mol. The highest BCUT2D eigenvalue weighted by Gasteiger charge is 2.44. The molecule has 0 atom stereocenters. The molecule has 0 saturated heterocycles. The summed E-state index contributed by atoms with van der Waals surface area (Å²) in [5, 5.41) is 0. The summed E-state index contributed by atoms with van der Waals surface area (Å²) in [5.41, 5.74) is -3.13. The third kappa shape index (κ3) is 2.93. The molecule has 0 fully saturated rings. The van der Waals surface area contributed by atoms with Gasteiger partial charge in [-0.15, -0.1) is 0 Å². The van der Waals surface area contributed by atoms with Gasteiger partial charge in [-0.3, -0.25) is 4.79 Å². The maximum Gasteiger partial charge on any atom is 0.454 e. The van der Waals surface area contributed by atoms with E-state index >= 15 is 0 Å². The first-order chi connectivity index (χ1) is 8.07. The van der Waals surface area contributed by atoms with Crippen LogP contribution in [-0.2, 0) is 6.18 Å². The minimum atomic E-state index is -5.37. The third-order valence-corrected chi connectivity index (χ3v) is 2.03. The summed E-state index contributed by atoms with van der Waals surface area (Å²) in [6, 6.07) is 1.64. The number of methoxy groups -OCH3 is 1. The monoisotopic (exact) mass is 272 g/mol. The van der Waals surface area contributed by atoms with Gasteiger partial charge in [-0.05, 0) is 18.2 Å². The van der Waals surface area contributed by atoms with Crippen LogP contribution in [-0.4, -0.2) is 19.1 Å². The molecule has 0 heterocycles. The number of ketones is 1. The molecule has 0 aliphatic carbocycles. The van der Waals surface area contributed by atoms with Gasteiger partial charge < -0.3 is 4.74 Å². The second-order valence-electron chi connectivity index (χ2n) is 3.24. The highest BCUT2D eigenvalue weighted by Crippen LogP contribution is 2.36. The van der Waals surface area contributed by atoms with Crippen LogP contribution in [0.2, 0.25) is 0 Å². The molecule has 0 unspecified atom stereocenters. The standard InChI is InChI=1S/C10H6F6O2/c1-18-5-2-3-6(8(17)10(14,15)16)7(4-5)9(11,12)13/h2-4H,1H3. The molecule has 2 nitrogen and oxygen atoms in total. The summed E-state index contributed by atoms with van der Waals surface area (Å²) < 4.78 is 78.5. The van der Waals surface area contributed by atoms with Crippen molar-refractivity contribution in [2.45, 2.75) is 12.4 Å². The van der Waals surface area contributed by atoms with Gasteiger partial charge in [-0.1, -0.05) is 0 Å². The Morgan fingerprint density at radius 2 is 1.67 bits per heavy atom. The average Bonchev–Trinajstić information content (AvgIpc) is 2.24. The van der Waals surface area contributed by atoms with Crippen molar-refractivity contribution >= 4 is 5.78 Å². The molecule has 0 aromatic heterocycles. The van der Waals surface area contributed by atoms with E-state index < -0.39 is 29.3 Å². The second kappa shape index (κ2) is 4.51. The van der Waals surface area contributed by atoms with Crippen molar-refractivity contribution in [3.63, 3.8) is 0 Å². The van der Waals surface area contributed by atoms with Crippen molar-refractivity contribution in [3.05, 3.63) is 29.3 Å². The van der Waals surface area contributed by atoms with E-state index in [0.717, 1.165) is 13.2 Å². The smallest absolute Gasteiger partial charge is 0.454 e. The minimum absolute atomic E-state index is 0.291. The molecule has 0 bridgehead atoms. The number of carbonyl (C=O) groups is 1. The van der Waals surface area contributed by atoms with Gasteiger partial charge >= 0.3 is 12.4 Å². The van der Waals surface area contributed by atoms with Gasteiger partial charge in [0.1, 0.15) is 5.75 Å². The van der Waals surface area contributed by atoms with Gasteiger partial charge in [0, 0.05) is 5.56 Å². The van der Waals surface area contributed by atoms with E-state index in [-0.39, 0.29) is 5.75 Å². The van der Waals surface area contributed by atoms with Crippen molar-refractivity contribution in [2.24, 2.45) is 0 Å². The van der Waals surface area contributed by atoms with Crippen molar-refractivity contribution in [1.82, 2.24) is 0 Å². The highest BCUT2D eigenvalue weighted by atomic mass is 19.4. The molecule has 8 heteroatoms. The zero-order valence-electron chi connectivity index (χ0n) is 8.82. The number of alkyl halides is 6. The van der Waals surface area contributed by atoms with E-state index in [9.17, 15) is 31.1 Å². The number of carbonyl (C=O) groups excluding carboxylic acids is 1. The van der Waals surface area contributed by atoms with E-state index in [1.54, 1.807) is 0 Å². The molecule has 0 spiro atoms. The van der Waals surface area contributed by atoms with Crippen LogP contribution in [0, 0.1) is 0 Å². The number of halogens is 6. The SMILES string of the molecule is COc1ccc(C(=O)C(F)(F)F)c(C(F)(F)F)c1. The van der Waals surface area contributed by atoms with Crippen LogP contribution in [0.15, 0.2) is 18.2 Å². The van der Waals surface area contributed by atoms with Crippen LogP contribution >= 0.6 is 0 Å². The first-order valence-electron chi connectivity index (χ1n) is 4.44. The maximum atomic E-state index is 12.5. The molecule has 0 aliphatic rings. The first kappa shape index (κ1) is 14.3. The number of Topliss-reactive ketones (excluding diaryl/α,β-unsaturated/α-hetero) is 1. The van der Waals surface area contributed by atoms with Gasteiger partial charge in [0.15, 0.2) is 0 Å². The fraction of sp³-hybridized carbons (Fsp3) is 0.300. The minimum Gasteiger partial charge on any atom is -0.497 e. The van der Waals surface area contributed by atoms with Crippen molar-refractivity contribution < 1.29 is 35.9 Å². The Morgan fingerprint density at radius 1 is 1.11 bits per heavy atom. The van der Waals surface area contributed by atoms with Crippen LogP contribution in [0.4, 0.5) is 26.3 Å². The van der Waals surface area contributed by atoms with E-state index in [2.05, 4.69) is 4.74 Å². The normalized spacial score (nSPS) is 12.4. The fourth-order valence-corrected chi connectivity index (χ4v) is 1.24. The van der Waals surface area contributed by atoms with E-state index in [1.165, 1.54) is 0 Å². The van der Waals surface area contributed by atoms with Crippen molar-refractivity contribution in [3.8, 4) is 5.75 Å². The number of hydrogen-bond acceptors (Lipinski definition) is 2. The Labute approximate surface area is 97.2 Å². The molecule has 1 aromatic rings. The largest absolute Gasteiger partial charge is 0.497 e. The summed E-state index contributed by atoms with van der Waals surface area (Å²) >= 11 is 0. The summed E-state index contributed by atoms with van der Waals surface area (Å²) in [7, 11) is 1.06. The van der Waals surface area contributed by atoms with Gasteiger partial charge in [-0.2, -0.15) is 26.3 Å². The van der Waals surface area contributed by atoms with Gasteiger partial charge in [0.2, 0.25) is 0 Å². The molecular formula is C10H6F6O2. The van der Waals surface area contributed by atoms with Crippen LogP contribution in [0.25, 0.3) is 0 Å². The molecule has 100 valence electrons. The summed E-state index contributed by atoms with van der Waals surface area (Å²) in [6.07, 6.45) is -10.4. The fourth-order valence-electron chi connectivity index (χ4n) is 1.24. The van der Waals surface area contributed by atoms with Gasteiger partial charge in [0.25, 0.3) is 5.78 Å². The van der Waals surface area contributed by atoms with Gasteiger partial charge in [-0.25, -0.2) is 0 Å². The molecule has 1 rings (SSSR count). The maximum absolute atomic E-state index is 12.5. The van der Waals surface area contributed by atoms with Crippen LogP contribution < -0.4 is 4.74 Å². The van der Waals surface area contributed by atoms with Gasteiger partial charge in [0.05, 0.1) is 12.7 Å². The summed E-state index contributed by atoms with van der Waals surface area (Å²) in [5.74, 6) is -2.83. The predicted octanol–water partition coefficient (Wildman–Crippen LogP) is 3.46. The predicted molar refractivity (Wildman–Crippen MR) is 48.4 cm³/mol. The molecule has 1 aromatic carbocycles. The zero-order valence-corrected chi connectivity index (χ0v) is 8.82. The average molecular weight is 272 g/mol. The lowest BCUT2D eigenvalue weighted by molar-refractivity contribution is -0.138. The molecule has 0 amide bonds. The summed E-state index contributed by atoms with van der Waals surface area (Å²) in [4.78, 5) is 10.9. The molecule has 0 radical (unpaired) electrons. The zero-order chi connectivity index (χ0) is 14.1. The number of benzene rings is 1. The molecule has 0 aliphatic heterocycles. The molecule has 0 N–H and O–H groups in total. The first-order valence-corrected chi connectivity index (χ1v) is 4.44. The Bertz CT molecular complexity index is 460. The van der Waals surface area contributed by atoms with E-state index in [1.807, 2.05) is 0 Å². The number of hydrogen-bond donors (Lipinski definition) is 0. The molecule has 0 saturated carbocycles. The van der Waals surface area contributed by atoms with Crippen molar-refractivity contribution in [2.75, 3.05) is 7.11 Å². The lowest BCUT2D eigenvalue weighted by Crippen LogP contribution is -2.26. The quantitative estimate of drug-likeness (QED) is 0.608. The molecule has 18 heavy (non-hydrogen) atoms. The van der Waals surface area contributed by atoms with Crippen LogP contribution in [0.1, 0.15) is 15.9 Å². The summed E-state index contributed by atoms with van der Waals surface area (Å²) in [6.45, 7) is 0. The Hall–Kier alpha value is -1.73. The number of ether oxygens (including phenoxy) is 1. The Balaban J connectivity index is 3.41. The Kier molecular flexibility index (Phi) is 3.59. The second-order valence-corrected chi connectivity index (χ2v) is 3.24. The Morgan fingerprint density at radius 3 is 2.06 bits per heavy atom. The lowest BCUT2D eigenvalue weighted by Gasteiger charge is -2.14.